The summed E-state index contributed by atoms with van der Waals surface area (Å²) < 4.78 is 1.61. The Morgan fingerprint density at radius 2 is 2.47 bits per heavy atom. The van der Waals surface area contributed by atoms with Crippen molar-refractivity contribution in [1.82, 2.24) is 15.1 Å². The third-order valence-electron chi connectivity index (χ3n) is 2.23. The molecule has 0 spiro atoms. The fourth-order valence-corrected chi connectivity index (χ4v) is 1.57. The standard InChI is InChI=1S/C10H16ClN3O/c1-3-8(4-6-11)12-10(15)9-5-7-14(2)13-9/h5,7-8H,3-4,6H2,1-2H3,(H,12,15). The molecular weight excluding hydrogens is 214 g/mol. The topological polar surface area (TPSA) is 46.9 Å². The maximum atomic E-state index is 11.7. The summed E-state index contributed by atoms with van der Waals surface area (Å²) in [7, 11) is 1.78. The first-order valence-electron chi connectivity index (χ1n) is 5.03. The van der Waals surface area contributed by atoms with Gasteiger partial charge in [0.25, 0.3) is 5.91 Å². The van der Waals surface area contributed by atoms with Gasteiger partial charge in [0.1, 0.15) is 5.69 Å². The Balaban J connectivity index is 2.54. The highest BCUT2D eigenvalue weighted by Gasteiger charge is 2.13. The minimum Gasteiger partial charge on any atom is -0.348 e. The molecule has 5 heteroatoms. The van der Waals surface area contributed by atoms with Crippen molar-refractivity contribution in [3.63, 3.8) is 0 Å². The molecule has 1 aromatic heterocycles. The molecule has 1 aromatic rings. The average molecular weight is 230 g/mol. The second kappa shape index (κ2) is 5.75. The summed E-state index contributed by atoms with van der Waals surface area (Å²) in [5.74, 6) is 0.425. The molecule has 0 aliphatic rings. The Morgan fingerprint density at radius 1 is 1.73 bits per heavy atom. The fourth-order valence-electron chi connectivity index (χ4n) is 1.31. The molecule has 1 amide bonds. The zero-order valence-electron chi connectivity index (χ0n) is 9.03. The first-order chi connectivity index (χ1) is 7.17. The lowest BCUT2D eigenvalue weighted by molar-refractivity contribution is 0.0929. The van der Waals surface area contributed by atoms with Crippen molar-refractivity contribution < 1.29 is 4.79 Å². The lowest BCUT2D eigenvalue weighted by Gasteiger charge is -2.14. The van der Waals surface area contributed by atoms with Crippen LogP contribution in [0.2, 0.25) is 0 Å². The highest BCUT2D eigenvalue weighted by atomic mass is 35.5. The number of carbonyl (C=O) groups is 1. The maximum absolute atomic E-state index is 11.7. The van der Waals surface area contributed by atoms with Crippen LogP contribution in [0, 0.1) is 0 Å². The Hall–Kier alpha value is -1.03. The van der Waals surface area contributed by atoms with Crippen LogP contribution < -0.4 is 5.32 Å². The van der Waals surface area contributed by atoms with E-state index in [4.69, 9.17) is 11.6 Å². The Kier molecular flexibility index (Phi) is 4.62. The number of amides is 1. The predicted molar refractivity (Wildman–Crippen MR) is 60.1 cm³/mol. The number of aromatic nitrogens is 2. The summed E-state index contributed by atoms with van der Waals surface area (Å²) >= 11 is 5.64. The quantitative estimate of drug-likeness (QED) is 0.779. The molecule has 15 heavy (non-hydrogen) atoms. The zero-order valence-corrected chi connectivity index (χ0v) is 9.79. The van der Waals surface area contributed by atoms with Gasteiger partial charge in [0, 0.05) is 25.2 Å². The summed E-state index contributed by atoms with van der Waals surface area (Å²) in [6.45, 7) is 2.02. The van der Waals surface area contributed by atoms with Crippen molar-refractivity contribution >= 4 is 17.5 Å². The minimum atomic E-state index is -0.132. The van der Waals surface area contributed by atoms with Crippen molar-refractivity contribution in [3.8, 4) is 0 Å². The van der Waals surface area contributed by atoms with Crippen LogP contribution >= 0.6 is 11.6 Å². The smallest absolute Gasteiger partial charge is 0.271 e. The van der Waals surface area contributed by atoms with E-state index >= 15 is 0 Å². The molecule has 1 unspecified atom stereocenters. The zero-order chi connectivity index (χ0) is 11.3. The molecule has 1 N–H and O–H groups in total. The first-order valence-corrected chi connectivity index (χ1v) is 5.57. The number of nitrogens with one attached hydrogen (secondary N) is 1. The Labute approximate surface area is 94.6 Å². The monoisotopic (exact) mass is 229 g/mol. The highest BCUT2D eigenvalue weighted by molar-refractivity contribution is 6.17. The van der Waals surface area contributed by atoms with Gasteiger partial charge in [0.2, 0.25) is 0 Å². The van der Waals surface area contributed by atoms with E-state index in [9.17, 15) is 4.79 Å². The van der Waals surface area contributed by atoms with E-state index in [0.29, 0.717) is 11.6 Å². The normalized spacial score (nSPS) is 12.5. The third-order valence-corrected chi connectivity index (χ3v) is 2.45. The van der Waals surface area contributed by atoms with Crippen LogP contribution in [-0.2, 0) is 7.05 Å². The van der Waals surface area contributed by atoms with Crippen LogP contribution in [0.25, 0.3) is 0 Å². The minimum absolute atomic E-state index is 0.132. The second-order valence-electron chi connectivity index (χ2n) is 3.43. The molecule has 0 aliphatic carbocycles. The number of hydrogen-bond donors (Lipinski definition) is 1. The average Bonchev–Trinajstić information content (AvgIpc) is 2.64. The van der Waals surface area contributed by atoms with E-state index in [1.54, 1.807) is 24.0 Å². The predicted octanol–water partition coefficient (Wildman–Crippen LogP) is 1.56. The van der Waals surface area contributed by atoms with Gasteiger partial charge in [-0.15, -0.1) is 11.6 Å². The van der Waals surface area contributed by atoms with Gasteiger partial charge in [-0.1, -0.05) is 6.92 Å². The molecule has 0 bridgehead atoms. The summed E-state index contributed by atoms with van der Waals surface area (Å²) in [6, 6.07) is 1.83. The molecule has 0 saturated carbocycles. The molecular formula is C10H16ClN3O. The number of hydrogen-bond acceptors (Lipinski definition) is 2. The van der Waals surface area contributed by atoms with E-state index in [1.807, 2.05) is 6.92 Å². The van der Waals surface area contributed by atoms with Gasteiger partial charge < -0.3 is 5.32 Å². The van der Waals surface area contributed by atoms with Crippen molar-refractivity contribution in [3.05, 3.63) is 18.0 Å². The third kappa shape index (κ3) is 3.55. The fraction of sp³-hybridized carbons (Fsp3) is 0.600. The molecule has 0 fully saturated rings. The van der Waals surface area contributed by atoms with Crippen LogP contribution in [0.1, 0.15) is 30.3 Å². The number of alkyl halides is 1. The highest BCUT2D eigenvalue weighted by Crippen LogP contribution is 2.02. The second-order valence-corrected chi connectivity index (χ2v) is 3.81. The molecule has 0 aromatic carbocycles. The number of carbonyl (C=O) groups excluding carboxylic acids is 1. The lowest BCUT2D eigenvalue weighted by Crippen LogP contribution is -2.35. The first kappa shape index (κ1) is 12.0. The van der Waals surface area contributed by atoms with E-state index < -0.39 is 0 Å². The molecule has 0 radical (unpaired) electrons. The van der Waals surface area contributed by atoms with E-state index in [0.717, 1.165) is 12.8 Å². The Bertz CT molecular complexity index is 324. The van der Waals surface area contributed by atoms with Crippen molar-refractivity contribution in [2.45, 2.75) is 25.8 Å². The van der Waals surface area contributed by atoms with Gasteiger partial charge in [0.05, 0.1) is 0 Å². The van der Waals surface area contributed by atoms with Crippen molar-refractivity contribution in [2.24, 2.45) is 7.05 Å². The number of aryl methyl sites for hydroxylation is 1. The van der Waals surface area contributed by atoms with Gasteiger partial charge in [-0.25, -0.2) is 0 Å². The van der Waals surface area contributed by atoms with Crippen molar-refractivity contribution in [1.29, 1.82) is 0 Å². The number of halogens is 1. The molecule has 0 aliphatic heterocycles. The largest absolute Gasteiger partial charge is 0.348 e. The molecule has 1 rings (SSSR count). The van der Waals surface area contributed by atoms with E-state index in [2.05, 4.69) is 10.4 Å². The van der Waals surface area contributed by atoms with Gasteiger partial charge in [-0.05, 0) is 18.9 Å². The summed E-state index contributed by atoms with van der Waals surface area (Å²) in [6.07, 6.45) is 3.42. The van der Waals surface area contributed by atoms with E-state index in [1.165, 1.54) is 0 Å². The number of rotatable bonds is 5. The van der Waals surface area contributed by atoms with Crippen LogP contribution in [-0.4, -0.2) is 27.6 Å². The van der Waals surface area contributed by atoms with Crippen molar-refractivity contribution in [2.75, 3.05) is 5.88 Å². The van der Waals surface area contributed by atoms with Gasteiger partial charge in [-0.2, -0.15) is 5.10 Å². The van der Waals surface area contributed by atoms with Gasteiger partial charge in [-0.3, -0.25) is 9.48 Å². The summed E-state index contributed by atoms with van der Waals surface area (Å²) in [5, 5.41) is 6.93. The summed E-state index contributed by atoms with van der Waals surface area (Å²) in [4.78, 5) is 11.7. The summed E-state index contributed by atoms with van der Waals surface area (Å²) in [5.41, 5.74) is 0.450. The Morgan fingerprint density at radius 3 is 2.93 bits per heavy atom. The number of nitrogens with zero attached hydrogens (tertiary/aromatic N) is 2. The van der Waals surface area contributed by atoms with Crippen LogP contribution in [0.3, 0.4) is 0 Å². The van der Waals surface area contributed by atoms with Gasteiger partial charge in [0.15, 0.2) is 0 Å². The molecule has 4 nitrogen and oxygen atoms in total. The maximum Gasteiger partial charge on any atom is 0.271 e. The molecule has 1 heterocycles. The van der Waals surface area contributed by atoms with Crippen LogP contribution in [0.15, 0.2) is 12.3 Å². The SMILES string of the molecule is CCC(CCCl)NC(=O)c1ccn(C)n1. The molecule has 0 saturated heterocycles. The van der Waals surface area contributed by atoms with E-state index in [-0.39, 0.29) is 11.9 Å². The van der Waals surface area contributed by atoms with Crippen LogP contribution in [0.4, 0.5) is 0 Å². The molecule has 1 atom stereocenters. The molecule has 84 valence electrons. The van der Waals surface area contributed by atoms with Gasteiger partial charge >= 0.3 is 0 Å². The lowest BCUT2D eigenvalue weighted by atomic mass is 10.1. The van der Waals surface area contributed by atoms with Crippen LogP contribution in [0.5, 0.6) is 0 Å².